The lowest BCUT2D eigenvalue weighted by Gasteiger charge is -2.27. The van der Waals surface area contributed by atoms with Crippen molar-refractivity contribution in [3.8, 4) is 0 Å². The van der Waals surface area contributed by atoms with Gasteiger partial charge in [-0.25, -0.2) is 13.7 Å². The number of pyridine rings is 1. The summed E-state index contributed by atoms with van der Waals surface area (Å²) in [7, 11) is -17.0. The molecule has 21 heteroatoms. The molecule has 0 aromatic carbocycles. The standard InChI is InChI=1S/C13H18N3O15P3/c1-5-2-6-7(3-14-16-9(6)12(19)15-5)13(20)11(18)10(17)8(29-13)4-28-33(24,25)31-34(26,27)30-32(21,22)23/h2-3,8,10-11,17-18,20H,4H2,1H3,(H,15,19)(H,24,25)(H,26,27)(H2,21,22,23)/t8-,10-,11-,13+/m1/s1. The number of phosphoric acid groups is 3. The third-order valence-corrected chi connectivity index (χ3v) is 8.22. The third kappa shape index (κ3) is 5.84. The zero-order valence-corrected chi connectivity index (χ0v) is 19.4. The first-order valence-electron chi connectivity index (χ1n) is 8.84. The first kappa shape index (κ1) is 27.1. The normalized spacial score (nSPS) is 29.1. The molecule has 0 amide bonds. The number of ether oxygens (including phenoxy) is 1. The van der Waals surface area contributed by atoms with E-state index in [1.165, 1.54) is 13.0 Å². The van der Waals surface area contributed by atoms with Gasteiger partial charge in [-0.3, -0.25) is 9.32 Å². The number of rotatable bonds is 8. The lowest BCUT2D eigenvalue weighted by Crippen LogP contribution is -2.41. The molecule has 2 unspecified atom stereocenters. The smallest absolute Gasteiger partial charge is 0.387 e. The molecule has 2 aromatic heterocycles. The largest absolute Gasteiger partial charge is 0.490 e. The Morgan fingerprint density at radius 1 is 1.15 bits per heavy atom. The number of hydrogen-bond acceptors (Lipinski definition) is 13. The summed E-state index contributed by atoms with van der Waals surface area (Å²) in [5.41, 5.74) is -0.865. The number of aliphatic hydroxyl groups excluding tert-OH is 2. The molecule has 3 heterocycles. The van der Waals surface area contributed by atoms with Gasteiger partial charge in [-0.2, -0.15) is 13.7 Å². The molecule has 190 valence electrons. The molecule has 6 atom stereocenters. The maximum absolute atomic E-state index is 12.1. The molecule has 0 radical (unpaired) electrons. The summed E-state index contributed by atoms with van der Waals surface area (Å²) >= 11 is 0. The van der Waals surface area contributed by atoms with Crippen LogP contribution in [0.15, 0.2) is 17.1 Å². The highest BCUT2D eigenvalue weighted by Gasteiger charge is 2.56. The lowest BCUT2D eigenvalue weighted by atomic mass is 9.96. The Morgan fingerprint density at radius 3 is 2.41 bits per heavy atom. The van der Waals surface area contributed by atoms with E-state index in [4.69, 9.17) is 19.4 Å². The molecule has 1 aliphatic heterocycles. The highest BCUT2D eigenvalue weighted by atomic mass is 31.3. The van der Waals surface area contributed by atoms with Crippen molar-refractivity contribution in [1.82, 2.24) is 15.2 Å². The second kappa shape index (κ2) is 9.20. The average Bonchev–Trinajstić information content (AvgIpc) is 2.88. The summed E-state index contributed by atoms with van der Waals surface area (Å²) in [5, 5.41) is 38.8. The molecule has 8 N–H and O–H groups in total. The van der Waals surface area contributed by atoms with Gasteiger partial charge in [-0.1, -0.05) is 0 Å². The number of aliphatic hydroxyl groups is 3. The van der Waals surface area contributed by atoms with Crippen LogP contribution in [0.3, 0.4) is 0 Å². The highest BCUT2D eigenvalue weighted by Crippen LogP contribution is 2.66. The Morgan fingerprint density at radius 2 is 1.79 bits per heavy atom. The minimum atomic E-state index is -5.79. The van der Waals surface area contributed by atoms with Crippen molar-refractivity contribution in [3.63, 3.8) is 0 Å². The minimum absolute atomic E-state index is 0.00136. The van der Waals surface area contributed by atoms with Crippen LogP contribution in [0.1, 0.15) is 11.3 Å². The fourth-order valence-electron chi connectivity index (χ4n) is 3.12. The summed E-state index contributed by atoms with van der Waals surface area (Å²) in [6.45, 7) is 0.363. The van der Waals surface area contributed by atoms with Crippen LogP contribution in [0.5, 0.6) is 0 Å². The van der Waals surface area contributed by atoms with Crippen LogP contribution in [-0.2, 0) is 37.4 Å². The van der Waals surface area contributed by atoms with Gasteiger partial charge in [0.05, 0.1) is 12.8 Å². The quantitative estimate of drug-likeness (QED) is 0.169. The minimum Gasteiger partial charge on any atom is -0.387 e. The molecule has 1 saturated heterocycles. The zero-order valence-electron chi connectivity index (χ0n) is 16.7. The average molecular weight is 549 g/mol. The molecular formula is C13H18N3O15P3. The predicted molar refractivity (Wildman–Crippen MR) is 105 cm³/mol. The number of fused-ring (bicyclic) bond motifs is 1. The van der Waals surface area contributed by atoms with E-state index < -0.39 is 59.7 Å². The predicted octanol–water partition coefficient (Wildman–Crippen LogP) is -1.76. The Hall–Kier alpha value is -1.46. The van der Waals surface area contributed by atoms with Crippen molar-refractivity contribution in [2.24, 2.45) is 0 Å². The van der Waals surface area contributed by atoms with Crippen LogP contribution in [0, 0.1) is 6.92 Å². The molecule has 1 fully saturated rings. The number of hydrogen-bond donors (Lipinski definition) is 8. The summed E-state index contributed by atoms with van der Waals surface area (Å²) in [6.07, 6.45) is -4.92. The van der Waals surface area contributed by atoms with E-state index in [9.17, 15) is 38.7 Å². The van der Waals surface area contributed by atoms with Gasteiger partial charge in [0.2, 0.25) is 5.79 Å². The summed E-state index contributed by atoms with van der Waals surface area (Å²) in [5.74, 6) is -2.72. The second-order valence-electron chi connectivity index (χ2n) is 6.98. The first-order chi connectivity index (χ1) is 15.4. The number of aromatic nitrogens is 3. The Bertz CT molecular complexity index is 1300. The van der Waals surface area contributed by atoms with Crippen molar-refractivity contribution >= 4 is 34.4 Å². The molecule has 18 nitrogen and oxygen atoms in total. The molecule has 0 saturated carbocycles. The molecule has 0 spiro atoms. The topological polar surface area (TPSA) is 288 Å². The van der Waals surface area contributed by atoms with Crippen molar-refractivity contribution in [3.05, 3.63) is 33.9 Å². The molecule has 2 aromatic rings. The summed E-state index contributed by atoms with van der Waals surface area (Å²) < 4.78 is 50.6. The Labute approximate surface area is 188 Å². The van der Waals surface area contributed by atoms with Crippen molar-refractivity contribution in [1.29, 1.82) is 0 Å². The zero-order chi connectivity index (χ0) is 25.7. The van der Waals surface area contributed by atoms with Gasteiger partial charge < -0.3 is 44.6 Å². The number of aromatic amines is 1. The summed E-state index contributed by atoms with van der Waals surface area (Å²) in [6, 6.07) is 1.38. The Kier molecular flexibility index (Phi) is 7.34. The van der Waals surface area contributed by atoms with Gasteiger partial charge in [0.25, 0.3) is 5.56 Å². The number of aryl methyl sites for hydroxylation is 1. The third-order valence-electron chi connectivity index (χ3n) is 4.42. The van der Waals surface area contributed by atoms with Gasteiger partial charge in [0, 0.05) is 16.6 Å². The van der Waals surface area contributed by atoms with E-state index >= 15 is 0 Å². The molecule has 0 bridgehead atoms. The number of nitrogens with zero attached hydrogens (tertiary/aromatic N) is 2. The summed E-state index contributed by atoms with van der Waals surface area (Å²) in [4.78, 5) is 50.3. The van der Waals surface area contributed by atoms with E-state index in [-0.39, 0.29) is 16.5 Å². The fourth-order valence-corrected chi connectivity index (χ4v) is 6.15. The van der Waals surface area contributed by atoms with Gasteiger partial charge in [0.1, 0.15) is 18.3 Å². The second-order valence-corrected chi connectivity index (χ2v) is 11.4. The maximum atomic E-state index is 12.1. The van der Waals surface area contributed by atoms with Crippen LogP contribution in [0.2, 0.25) is 0 Å². The van der Waals surface area contributed by atoms with Crippen molar-refractivity contribution in [2.75, 3.05) is 6.61 Å². The highest BCUT2D eigenvalue weighted by molar-refractivity contribution is 7.66. The van der Waals surface area contributed by atoms with E-state index in [0.29, 0.717) is 5.69 Å². The number of nitrogens with one attached hydrogen (secondary N) is 1. The molecule has 0 aliphatic carbocycles. The van der Waals surface area contributed by atoms with E-state index in [0.717, 1.165) is 6.20 Å². The van der Waals surface area contributed by atoms with Gasteiger partial charge in [0.15, 0.2) is 5.52 Å². The van der Waals surface area contributed by atoms with Crippen LogP contribution in [0.25, 0.3) is 10.9 Å². The number of phosphoric ester groups is 1. The SMILES string of the molecule is Cc1cc2c([C@]3(O)O[C@H](COP(=O)(O)OP(=O)(O)OP(=O)(O)O)[C@@H](O)[C@H]3O)cnnc2c(=O)[nH]1. The van der Waals surface area contributed by atoms with Gasteiger partial charge >= 0.3 is 23.5 Å². The maximum Gasteiger partial charge on any atom is 0.490 e. The monoisotopic (exact) mass is 549 g/mol. The number of H-pyrrole nitrogens is 1. The van der Waals surface area contributed by atoms with E-state index in [1.807, 2.05) is 0 Å². The molecule has 3 rings (SSSR count). The van der Waals surface area contributed by atoms with Crippen molar-refractivity contribution in [2.45, 2.75) is 31.0 Å². The van der Waals surface area contributed by atoms with E-state index in [2.05, 4.69) is 28.3 Å². The van der Waals surface area contributed by atoms with E-state index in [1.54, 1.807) is 0 Å². The Balaban J connectivity index is 1.83. The van der Waals surface area contributed by atoms with Crippen LogP contribution in [-0.4, -0.2) is 75.0 Å². The van der Waals surface area contributed by atoms with Gasteiger partial charge in [-0.15, -0.1) is 5.10 Å². The molecule has 34 heavy (non-hydrogen) atoms. The molecular weight excluding hydrogens is 531 g/mol. The van der Waals surface area contributed by atoms with Crippen LogP contribution >= 0.6 is 23.5 Å². The van der Waals surface area contributed by atoms with Crippen LogP contribution in [0.4, 0.5) is 0 Å². The van der Waals surface area contributed by atoms with Crippen molar-refractivity contribution < 1.29 is 66.5 Å². The molecule has 1 aliphatic rings. The van der Waals surface area contributed by atoms with Gasteiger partial charge in [-0.05, 0) is 13.0 Å². The first-order valence-corrected chi connectivity index (χ1v) is 13.4. The van der Waals surface area contributed by atoms with Crippen LogP contribution < -0.4 is 5.56 Å². The lowest BCUT2D eigenvalue weighted by molar-refractivity contribution is -0.238. The fraction of sp³-hybridized carbons (Fsp3) is 0.462.